The average molecular weight is 279 g/mol. The molecule has 0 aromatic heterocycles. The molecule has 0 aliphatic rings. The van der Waals surface area contributed by atoms with Crippen molar-refractivity contribution in [2.45, 2.75) is 16.8 Å². The number of hydrogen-bond donors (Lipinski definition) is 1. The van der Waals surface area contributed by atoms with Crippen LogP contribution in [0.2, 0.25) is 0 Å². The van der Waals surface area contributed by atoms with Gasteiger partial charge in [-0.15, -0.1) is 6.58 Å². The molecule has 0 saturated heterocycles. The summed E-state index contributed by atoms with van der Waals surface area (Å²) in [6.07, 6.45) is 2.39. The van der Waals surface area contributed by atoms with Crippen LogP contribution in [0.4, 0.5) is 18.9 Å². The van der Waals surface area contributed by atoms with Crippen LogP contribution in [0.25, 0.3) is 0 Å². The lowest BCUT2D eigenvalue weighted by Crippen LogP contribution is -2.23. The second-order valence-corrected chi connectivity index (χ2v) is 5.42. The summed E-state index contributed by atoms with van der Waals surface area (Å²) in [5.41, 5.74) is -4.72. The molecule has 0 heterocycles. The largest absolute Gasteiger partial charge is 0.501 e. The average Bonchev–Trinajstić information content (AvgIpc) is 2.28. The van der Waals surface area contributed by atoms with Crippen molar-refractivity contribution in [3.05, 3.63) is 36.9 Å². The number of anilines is 1. The van der Waals surface area contributed by atoms with Gasteiger partial charge in [0.1, 0.15) is 0 Å². The highest BCUT2D eigenvalue weighted by Crippen LogP contribution is 2.30. The van der Waals surface area contributed by atoms with E-state index in [0.29, 0.717) is 18.7 Å². The van der Waals surface area contributed by atoms with Crippen LogP contribution in [0.15, 0.2) is 41.8 Å². The summed E-state index contributed by atoms with van der Waals surface area (Å²) in [5.74, 6) is 0. The Balaban J connectivity index is 2.87. The first-order valence-corrected chi connectivity index (χ1v) is 6.53. The summed E-state index contributed by atoms with van der Waals surface area (Å²) in [7, 11) is -5.26. The van der Waals surface area contributed by atoms with Crippen LogP contribution in [0.5, 0.6) is 0 Å². The number of hydrogen-bond acceptors (Lipinski definition) is 3. The van der Waals surface area contributed by atoms with Gasteiger partial charge in [-0.2, -0.15) is 13.2 Å². The van der Waals surface area contributed by atoms with Crippen molar-refractivity contribution in [2.75, 3.05) is 11.9 Å². The minimum absolute atomic E-state index is 0.554. The van der Waals surface area contributed by atoms with E-state index in [1.807, 2.05) is 0 Å². The molecule has 1 aromatic rings. The van der Waals surface area contributed by atoms with Crippen LogP contribution < -0.4 is 5.32 Å². The van der Waals surface area contributed by atoms with Gasteiger partial charge in [0, 0.05) is 12.2 Å². The lowest BCUT2D eigenvalue weighted by atomic mass is 10.3. The van der Waals surface area contributed by atoms with Crippen LogP contribution in [0, 0.1) is 0 Å². The van der Waals surface area contributed by atoms with Gasteiger partial charge in [-0.25, -0.2) is 8.42 Å². The lowest BCUT2D eigenvalue weighted by molar-refractivity contribution is -0.0436. The Morgan fingerprint density at radius 2 is 1.78 bits per heavy atom. The molecule has 1 aromatic carbocycles. The molecule has 0 atom stereocenters. The summed E-state index contributed by atoms with van der Waals surface area (Å²) in [6, 6.07) is 4.45. The van der Waals surface area contributed by atoms with Gasteiger partial charge in [-0.3, -0.25) is 0 Å². The van der Waals surface area contributed by atoms with Gasteiger partial charge in [0.25, 0.3) is 9.84 Å². The lowest BCUT2D eigenvalue weighted by Gasteiger charge is -2.09. The third kappa shape index (κ3) is 3.25. The minimum Gasteiger partial charge on any atom is -0.385 e. The fourth-order valence-electron chi connectivity index (χ4n) is 1.20. The van der Waals surface area contributed by atoms with Crippen LogP contribution >= 0.6 is 0 Å². The number of benzene rings is 1. The fourth-order valence-corrected chi connectivity index (χ4v) is 1.97. The zero-order valence-electron chi connectivity index (χ0n) is 9.37. The molecule has 0 amide bonds. The van der Waals surface area contributed by atoms with Crippen LogP contribution in [0.1, 0.15) is 6.42 Å². The molecule has 1 N–H and O–H groups in total. The Kier molecular flexibility index (Phi) is 4.39. The molecule has 0 fully saturated rings. The van der Waals surface area contributed by atoms with E-state index in [1.54, 1.807) is 6.08 Å². The SMILES string of the molecule is C=CCCNc1ccc(S(=O)(=O)C(F)(F)F)cc1. The van der Waals surface area contributed by atoms with Gasteiger partial charge in [0.05, 0.1) is 4.90 Å². The van der Waals surface area contributed by atoms with Crippen LogP contribution in [-0.4, -0.2) is 20.5 Å². The van der Waals surface area contributed by atoms with Gasteiger partial charge in [0.2, 0.25) is 0 Å². The maximum absolute atomic E-state index is 12.3. The maximum atomic E-state index is 12.3. The van der Waals surface area contributed by atoms with Crippen molar-refractivity contribution in [1.82, 2.24) is 0 Å². The van der Waals surface area contributed by atoms with Gasteiger partial charge in [0.15, 0.2) is 0 Å². The first-order valence-electron chi connectivity index (χ1n) is 5.05. The number of halogens is 3. The van der Waals surface area contributed by atoms with Crippen molar-refractivity contribution < 1.29 is 21.6 Å². The number of nitrogens with one attached hydrogen (secondary N) is 1. The molecule has 0 spiro atoms. The highest BCUT2D eigenvalue weighted by atomic mass is 32.2. The van der Waals surface area contributed by atoms with Crippen molar-refractivity contribution in [3.63, 3.8) is 0 Å². The molecule has 0 unspecified atom stereocenters. The standard InChI is InChI=1S/C11H12F3NO2S/c1-2-3-8-15-9-4-6-10(7-5-9)18(16,17)11(12,13)14/h2,4-7,15H,1,3,8H2. The first kappa shape index (κ1) is 14.6. The van der Waals surface area contributed by atoms with E-state index in [-0.39, 0.29) is 0 Å². The molecular formula is C11H12F3NO2S. The van der Waals surface area contributed by atoms with Crippen molar-refractivity contribution in [3.8, 4) is 0 Å². The predicted octanol–water partition coefficient (Wildman–Crippen LogP) is 2.97. The fraction of sp³-hybridized carbons (Fsp3) is 0.273. The van der Waals surface area contributed by atoms with E-state index in [2.05, 4.69) is 11.9 Å². The van der Waals surface area contributed by atoms with E-state index < -0.39 is 20.2 Å². The molecule has 0 saturated carbocycles. The first-order chi connectivity index (χ1) is 8.29. The molecule has 1 rings (SSSR count). The third-order valence-electron chi connectivity index (χ3n) is 2.15. The topological polar surface area (TPSA) is 46.2 Å². The Hall–Kier alpha value is -1.50. The summed E-state index contributed by atoms with van der Waals surface area (Å²) in [4.78, 5) is -0.760. The second-order valence-electron chi connectivity index (χ2n) is 3.48. The third-order valence-corrected chi connectivity index (χ3v) is 3.65. The van der Waals surface area contributed by atoms with Crippen molar-refractivity contribution in [1.29, 1.82) is 0 Å². The van der Waals surface area contributed by atoms with E-state index in [1.165, 1.54) is 12.1 Å². The van der Waals surface area contributed by atoms with E-state index in [9.17, 15) is 21.6 Å². The number of alkyl halides is 3. The summed E-state index contributed by atoms with van der Waals surface area (Å²) >= 11 is 0. The van der Waals surface area contributed by atoms with Crippen LogP contribution in [0.3, 0.4) is 0 Å². The maximum Gasteiger partial charge on any atom is 0.501 e. The quantitative estimate of drug-likeness (QED) is 0.666. The van der Waals surface area contributed by atoms with Gasteiger partial charge >= 0.3 is 5.51 Å². The zero-order chi connectivity index (χ0) is 13.8. The summed E-state index contributed by atoms with van der Waals surface area (Å²) in [6.45, 7) is 4.10. The van der Waals surface area contributed by atoms with Crippen molar-refractivity contribution >= 4 is 15.5 Å². The molecule has 3 nitrogen and oxygen atoms in total. The molecule has 7 heteroatoms. The van der Waals surface area contributed by atoms with Gasteiger partial charge in [-0.1, -0.05) is 6.08 Å². The monoisotopic (exact) mass is 279 g/mol. The summed E-state index contributed by atoms with van der Waals surface area (Å²) in [5, 5.41) is 2.92. The molecule has 0 radical (unpaired) electrons. The van der Waals surface area contributed by atoms with Crippen molar-refractivity contribution in [2.24, 2.45) is 0 Å². The van der Waals surface area contributed by atoms with E-state index in [0.717, 1.165) is 12.1 Å². The summed E-state index contributed by atoms with van der Waals surface area (Å²) < 4.78 is 58.9. The Morgan fingerprint density at radius 1 is 1.22 bits per heavy atom. The van der Waals surface area contributed by atoms with Gasteiger partial charge in [-0.05, 0) is 30.7 Å². The van der Waals surface area contributed by atoms with E-state index >= 15 is 0 Å². The molecular weight excluding hydrogens is 267 g/mol. The molecule has 0 bridgehead atoms. The van der Waals surface area contributed by atoms with E-state index in [4.69, 9.17) is 0 Å². The Morgan fingerprint density at radius 3 is 2.22 bits per heavy atom. The Bertz CT molecular complexity index is 506. The highest BCUT2D eigenvalue weighted by Gasteiger charge is 2.46. The predicted molar refractivity (Wildman–Crippen MR) is 63.0 cm³/mol. The minimum atomic E-state index is -5.27. The highest BCUT2D eigenvalue weighted by molar-refractivity contribution is 7.92. The van der Waals surface area contributed by atoms with Gasteiger partial charge < -0.3 is 5.32 Å². The second kappa shape index (κ2) is 5.43. The smallest absolute Gasteiger partial charge is 0.385 e. The number of rotatable bonds is 5. The van der Waals surface area contributed by atoms with Crippen LogP contribution in [-0.2, 0) is 9.84 Å². The molecule has 18 heavy (non-hydrogen) atoms. The zero-order valence-corrected chi connectivity index (χ0v) is 10.2. The number of sulfone groups is 1. The molecule has 100 valence electrons. The normalized spacial score (nSPS) is 12.2. The Labute approximate surface area is 103 Å². The molecule has 0 aliphatic heterocycles. The molecule has 0 aliphatic carbocycles.